The minimum absolute atomic E-state index is 0.00560. The van der Waals surface area contributed by atoms with Gasteiger partial charge < -0.3 is 9.47 Å². The Morgan fingerprint density at radius 1 is 1.20 bits per heavy atom. The molecule has 2 fully saturated rings. The van der Waals surface area contributed by atoms with Crippen LogP contribution in [-0.2, 0) is 25.7 Å². The maximum absolute atomic E-state index is 12.1. The summed E-state index contributed by atoms with van der Waals surface area (Å²) < 4.78 is 9.95. The van der Waals surface area contributed by atoms with Crippen molar-refractivity contribution in [1.82, 2.24) is 4.90 Å². The molecule has 0 unspecified atom stereocenters. The first-order chi connectivity index (χ1) is 9.60. The Morgan fingerprint density at radius 3 is 2.50 bits per heavy atom. The number of esters is 1. The van der Waals surface area contributed by atoms with Crippen molar-refractivity contribution in [2.24, 2.45) is 5.92 Å². The highest BCUT2D eigenvalue weighted by atomic mass is 16.6. The maximum Gasteiger partial charge on any atom is 0.307 e. The first-order valence-electron chi connectivity index (χ1n) is 6.28. The van der Waals surface area contributed by atoms with Gasteiger partial charge in [0.2, 0.25) is 5.91 Å². The summed E-state index contributed by atoms with van der Waals surface area (Å²) >= 11 is 0. The van der Waals surface area contributed by atoms with E-state index >= 15 is 0 Å². The van der Waals surface area contributed by atoms with Crippen molar-refractivity contribution < 1.29 is 23.9 Å². The zero-order chi connectivity index (χ0) is 14.3. The minimum Gasteiger partial charge on any atom is -0.497 e. The molecule has 0 radical (unpaired) electrons. The fourth-order valence-electron chi connectivity index (χ4n) is 2.53. The number of likely N-dealkylation sites (tertiary alicyclic amines) is 1. The van der Waals surface area contributed by atoms with Crippen molar-refractivity contribution in [3.8, 4) is 5.75 Å². The summed E-state index contributed by atoms with van der Waals surface area (Å²) in [5.74, 6) is -1.18. The minimum atomic E-state index is -0.923. The van der Waals surface area contributed by atoms with Crippen LogP contribution in [0.4, 0.5) is 0 Å². The molecule has 0 saturated carbocycles. The predicted molar refractivity (Wildman–Crippen MR) is 66.5 cm³/mol. The smallest absolute Gasteiger partial charge is 0.307 e. The van der Waals surface area contributed by atoms with Gasteiger partial charge >= 0.3 is 5.97 Å². The summed E-state index contributed by atoms with van der Waals surface area (Å²) in [6.45, 7) is 0.187. The highest BCUT2D eigenvalue weighted by Crippen LogP contribution is 2.32. The lowest BCUT2D eigenvalue weighted by atomic mass is 10.0. The summed E-state index contributed by atoms with van der Waals surface area (Å²) in [4.78, 5) is 36.5. The van der Waals surface area contributed by atoms with Crippen molar-refractivity contribution in [1.29, 1.82) is 0 Å². The van der Waals surface area contributed by atoms with E-state index in [-0.39, 0.29) is 18.9 Å². The zero-order valence-electron chi connectivity index (χ0n) is 10.9. The van der Waals surface area contributed by atoms with Crippen LogP contribution < -0.4 is 4.74 Å². The normalized spacial score (nSPS) is 24.9. The van der Waals surface area contributed by atoms with E-state index in [0.29, 0.717) is 5.75 Å². The molecule has 104 valence electrons. The van der Waals surface area contributed by atoms with Gasteiger partial charge in [-0.2, -0.15) is 0 Å². The fraction of sp³-hybridized carbons (Fsp3) is 0.357. The van der Waals surface area contributed by atoms with Gasteiger partial charge in [0.05, 0.1) is 26.0 Å². The summed E-state index contributed by atoms with van der Waals surface area (Å²) in [5.41, 5.74) is 0.818. The highest BCUT2D eigenvalue weighted by molar-refractivity contribution is 6.09. The molecule has 3 rings (SSSR count). The summed E-state index contributed by atoms with van der Waals surface area (Å²) in [5, 5.41) is 0. The molecule has 0 aromatic heterocycles. The van der Waals surface area contributed by atoms with Crippen molar-refractivity contribution >= 4 is 17.8 Å². The SMILES string of the molecule is COc1ccc(CN2C(=O)[C@H]3OC(=O)C[C@H]3C2=O)cc1. The first kappa shape index (κ1) is 12.7. The molecule has 2 aliphatic rings. The van der Waals surface area contributed by atoms with Crippen LogP contribution in [0.25, 0.3) is 0 Å². The number of amides is 2. The predicted octanol–water partition coefficient (Wildman–Crippen LogP) is 0.496. The number of methoxy groups -OCH3 is 1. The first-order valence-corrected chi connectivity index (χ1v) is 6.28. The topological polar surface area (TPSA) is 72.9 Å². The van der Waals surface area contributed by atoms with Gasteiger partial charge in [-0.3, -0.25) is 19.3 Å². The number of fused-ring (bicyclic) bond motifs is 1. The summed E-state index contributed by atoms with van der Waals surface area (Å²) in [6, 6.07) is 7.11. The zero-order valence-corrected chi connectivity index (χ0v) is 10.9. The number of ether oxygens (including phenoxy) is 2. The molecule has 20 heavy (non-hydrogen) atoms. The average molecular weight is 275 g/mol. The number of nitrogens with zero attached hydrogens (tertiary/aromatic N) is 1. The quantitative estimate of drug-likeness (QED) is 0.593. The van der Waals surface area contributed by atoms with Gasteiger partial charge in [0, 0.05) is 0 Å². The molecular formula is C14H13NO5. The number of rotatable bonds is 3. The van der Waals surface area contributed by atoms with E-state index in [1.54, 1.807) is 31.4 Å². The van der Waals surface area contributed by atoms with Gasteiger partial charge in [-0.25, -0.2) is 0 Å². The molecule has 2 heterocycles. The third-order valence-corrected chi connectivity index (χ3v) is 3.60. The maximum atomic E-state index is 12.1. The molecule has 2 amide bonds. The van der Waals surface area contributed by atoms with Gasteiger partial charge in [-0.1, -0.05) is 12.1 Å². The Bertz CT molecular complexity index is 554. The molecule has 0 spiro atoms. The Balaban J connectivity index is 1.76. The third kappa shape index (κ3) is 1.93. The van der Waals surface area contributed by atoms with Crippen LogP contribution in [0, 0.1) is 5.92 Å². The molecule has 2 atom stereocenters. The summed E-state index contributed by atoms with van der Waals surface area (Å²) in [7, 11) is 1.57. The number of carbonyl (C=O) groups excluding carboxylic acids is 3. The molecule has 1 aromatic rings. The Morgan fingerprint density at radius 2 is 1.90 bits per heavy atom. The molecule has 0 N–H and O–H groups in total. The van der Waals surface area contributed by atoms with Crippen molar-refractivity contribution in [3.63, 3.8) is 0 Å². The molecular weight excluding hydrogens is 262 g/mol. The van der Waals surface area contributed by atoms with E-state index in [1.807, 2.05) is 0 Å². The van der Waals surface area contributed by atoms with E-state index in [4.69, 9.17) is 9.47 Å². The van der Waals surface area contributed by atoms with Crippen molar-refractivity contribution in [2.75, 3.05) is 7.11 Å². The van der Waals surface area contributed by atoms with Gasteiger partial charge in [-0.05, 0) is 17.7 Å². The fourth-order valence-corrected chi connectivity index (χ4v) is 2.53. The second kappa shape index (κ2) is 4.63. The van der Waals surface area contributed by atoms with E-state index in [0.717, 1.165) is 10.5 Å². The van der Waals surface area contributed by atoms with Gasteiger partial charge in [0.15, 0.2) is 6.10 Å². The number of imide groups is 1. The van der Waals surface area contributed by atoms with Crippen LogP contribution in [-0.4, -0.2) is 35.9 Å². The van der Waals surface area contributed by atoms with Crippen LogP contribution in [0.2, 0.25) is 0 Å². The number of hydrogen-bond donors (Lipinski definition) is 0. The molecule has 6 nitrogen and oxygen atoms in total. The van der Waals surface area contributed by atoms with Crippen LogP contribution >= 0.6 is 0 Å². The molecule has 0 aliphatic carbocycles. The number of hydrogen-bond acceptors (Lipinski definition) is 5. The molecule has 1 aromatic carbocycles. The van der Waals surface area contributed by atoms with Crippen LogP contribution in [0.15, 0.2) is 24.3 Å². The van der Waals surface area contributed by atoms with Crippen molar-refractivity contribution in [2.45, 2.75) is 19.1 Å². The van der Waals surface area contributed by atoms with Gasteiger partial charge in [-0.15, -0.1) is 0 Å². The van der Waals surface area contributed by atoms with Crippen LogP contribution in [0.5, 0.6) is 5.75 Å². The molecule has 2 aliphatic heterocycles. The van der Waals surface area contributed by atoms with Gasteiger partial charge in [0.25, 0.3) is 5.91 Å². The standard InChI is InChI=1S/C14H13NO5/c1-19-9-4-2-8(3-5-9)7-15-13(17)10-6-11(16)20-12(10)14(15)18/h2-5,10,12H,6-7H2,1H3/t10-,12+/m1/s1. The Kier molecular flexibility index (Phi) is 2.93. The van der Waals surface area contributed by atoms with Crippen LogP contribution in [0.1, 0.15) is 12.0 Å². The van der Waals surface area contributed by atoms with E-state index in [1.165, 1.54) is 0 Å². The third-order valence-electron chi connectivity index (χ3n) is 3.60. The Hall–Kier alpha value is -2.37. The molecule has 6 heteroatoms. The van der Waals surface area contributed by atoms with E-state index in [9.17, 15) is 14.4 Å². The average Bonchev–Trinajstić information content (AvgIpc) is 2.93. The van der Waals surface area contributed by atoms with Crippen molar-refractivity contribution in [3.05, 3.63) is 29.8 Å². The second-order valence-electron chi connectivity index (χ2n) is 4.83. The molecule has 0 bridgehead atoms. The number of carbonyl (C=O) groups is 3. The number of benzene rings is 1. The second-order valence-corrected chi connectivity index (χ2v) is 4.83. The lowest BCUT2D eigenvalue weighted by Crippen LogP contribution is -2.33. The van der Waals surface area contributed by atoms with E-state index < -0.39 is 23.9 Å². The summed E-state index contributed by atoms with van der Waals surface area (Å²) in [6.07, 6.45) is -0.929. The lowest BCUT2D eigenvalue weighted by molar-refractivity contribution is -0.152. The molecule has 2 saturated heterocycles. The lowest BCUT2D eigenvalue weighted by Gasteiger charge is -2.15. The highest BCUT2D eigenvalue weighted by Gasteiger charge is 2.54. The largest absolute Gasteiger partial charge is 0.497 e. The monoisotopic (exact) mass is 275 g/mol. The van der Waals surface area contributed by atoms with Gasteiger partial charge in [0.1, 0.15) is 5.75 Å². The van der Waals surface area contributed by atoms with E-state index in [2.05, 4.69) is 0 Å². The van der Waals surface area contributed by atoms with Crippen LogP contribution in [0.3, 0.4) is 0 Å². The Labute approximate surface area is 115 Å².